The van der Waals surface area contributed by atoms with E-state index in [9.17, 15) is 0 Å². The molecule has 260 valence electrons. The Bertz CT molecular complexity index is 3540. The zero-order valence-corrected chi connectivity index (χ0v) is 29.9. The smallest absolute Gasteiger partial charge is 0.167 e. The SMILES string of the molecule is c1ccc2c(c1)ccc1c3ccc(-c4nc(-c5ccc(-c6cccc7oc8ccccc8c67)cc5)nc(-c5cccc6c5oc5ccccc56)n4)cc3ccc21. The third kappa shape index (κ3) is 4.71. The molecule has 5 nitrogen and oxygen atoms in total. The number of fused-ring (bicyclic) bond motifs is 11. The van der Waals surface area contributed by atoms with E-state index in [1.807, 2.05) is 54.6 Å². The van der Waals surface area contributed by atoms with Gasteiger partial charge in [-0.1, -0.05) is 146 Å². The van der Waals surface area contributed by atoms with Gasteiger partial charge in [-0.25, -0.2) is 15.0 Å². The predicted octanol–water partition coefficient (Wildman–Crippen LogP) is 13.8. The molecule has 9 aromatic carbocycles. The fraction of sp³-hybridized carbons (Fsp3) is 0. The van der Waals surface area contributed by atoms with Crippen molar-refractivity contribution in [3.05, 3.63) is 176 Å². The Balaban J connectivity index is 1.03. The first-order valence-electron chi connectivity index (χ1n) is 18.8. The highest BCUT2D eigenvalue weighted by atomic mass is 16.3. The molecule has 0 amide bonds. The highest BCUT2D eigenvalue weighted by Gasteiger charge is 2.19. The Labute approximate surface area is 320 Å². The number of hydrogen-bond donors (Lipinski definition) is 0. The van der Waals surface area contributed by atoms with Crippen LogP contribution in [0.2, 0.25) is 0 Å². The average Bonchev–Trinajstić information content (AvgIpc) is 3.85. The van der Waals surface area contributed by atoms with Crippen LogP contribution in [0.3, 0.4) is 0 Å². The van der Waals surface area contributed by atoms with Crippen LogP contribution >= 0.6 is 0 Å². The van der Waals surface area contributed by atoms with Crippen LogP contribution in [0.1, 0.15) is 0 Å². The van der Waals surface area contributed by atoms with Gasteiger partial charge in [-0.3, -0.25) is 0 Å². The van der Waals surface area contributed by atoms with Crippen LogP contribution in [0, 0.1) is 0 Å². The second-order valence-corrected chi connectivity index (χ2v) is 14.3. The van der Waals surface area contributed by atoms with E-state index in [2.05, 4.69) is 121 Å². The minimum atomic E-state index is 0.554. The Hall–Kier alpha value is -7.63. The zero-order chi connectivity index (χ0) is 36.7. The van der Waals surface area contributed by atoms with Gasteiger partial charge >= 0.3 is 0 Å². The molecule has 0 N–H and O–H groups in total. The molecule has 56 heavy (non-hydrogen) atoms. The van der Waals surface area contributed by atoms with Crippen molar-refractivity contribution in [2.45, 2.75) is 0 Å². The maximum absolute atomic E-state index is 6.47. The molecule has 0 aliphatic carbocycles. The summed E-state index contributed by atoms with van der Waals surface area (Å²) in [7, 11) is 0. The van der Waals surface area contributed by atoms with Gasteiger partial charge in [0.25, 0.3) is 0 Å². The van der Waals surface area contributed by atoms with Gasteiger partial charge in [-0.2, -0.15) is 0 Å². The van der Waals surface area contributed by atoms with Crippen molar-refractivity contribution in [3.8, 4) is 45.3 Å². The second kappa shape index (κ2) is 11.9. The number of para-hydroxylation sites is 3. The van der Waals surface area contributed by atoms with E-state index in [0.29, 0.717) is 17.5 Å². The van der Waals surface area contributed by atoms with Crippen molar-refractivity contribution in [1.29, 1.82) is 0 Å². The van der Waals surface area contributed by atoms with Crippen molar-refractivity contribution >= 4 is 76.2 Å². The van der Waals surface area contributed by atoms with Crippen LogP contribution in [0.25, 0.3) is 121 Å². The topological polar surface area (TPSA) is 65.0 Å². The molecular formula is C51H29N3O2. The monoisotopic (exact) mass is 715 g/mol. The molecule has 0 radical (unpaired) electrons. The van der Waals surface area contributed by atoms with E-state index in [1.165, 1.54) is 26.9 Å². The van der Waals surface area contributed by atoms with Crippen LogP contribution in [0.15, 0.2) is 185 Å². The molecule has 0 bridgehead atoms. The molecule has 0 fully saturated rings. The van der Waals surface area contributed by atoms with Gasteiger partial charge in [-0.05, 0) is 73.8 Å². The molecule has 0 aliphatic rings. The summed E-state index contributed by atoms with van der Waals surface area (Å²) in [6.45, 7) is 0. The van der Waals surface area contributed by atoms with Gasteiger partial charge in [0, 0.05) is 32.7 Å². The minimum absolute atomic E-state index is 0.554. The Kier molecular flexibility index (Phi) is 6.56. The van der Waals surface area contributed by atoms with Gasteiger partial charge in [-0.15, -0.1) is 0 Å². The van der Waals surface area contributed by atoms with Gasteiger partial charge in [0.15, 0.2) is 17.5 Å². The number of benzene rings is 9. The summed E-state index contributed by atoms with van der Waals surface area (Å²) in [6, 6.07) is 61.1. The molecule has 0 saturated carbocycles. The van der Waals surface area contributed by atoms with Crippen LogP contribution in [-0.2, 0) is 0 Å². The van der Waals surface area contributed by atoms with E-state index in [1.54, 1.807) is 0 Å². The maximum atomic E-state index is 6.47. The van der Waals surface area contributed by atoms with E-state index in [0.717, 1.165) is 77.1 Å². The van der Waals surface area contributed by atoms with Crippen LogP contribution in [0.5, 0.6) is 0 Å². The van der Waals surface area contributed by atoms with Crippen LogP contribution in [-0.4, -0.2) is 15.0 Å². The lowest BCUT2D eigenvalue weighted by Crippen LogP contribution is -2.00. The summed E-state index contributed by atoms with van der Waals surface area (Å²) in [6.07, 6.45) is 0. The van der Waals surface area contributed by atoms with Gasteiger partial charge in [0.2, 0.25) is 0 Å². The van der Waals surface area contributed by atoms with E-state index < -0.39 is 0 Å². The largest absolute Gasteiger partial charge is 0.456 e. The summed E-state index contributed by atoms with van der Waals surface area (Å²) in [4.78, 5) is 15.4. The quantitative estimate of drug-likeness (QED) is 0.170. The van der Waals surface area contributed by atoms with E-state index in [-0.39, 0.29) is 0 Å². The molecule has 0 unspecified atom stereocenters. The molecule has 0 spiro atoms. The van der Waals surface area contributed by atoms with Gasteiger partial charge < -0.3 is 8.83 Å². The third-order valence-corrected chi connectivity index (χ3v) is 11.1. The first-order chi connectivity index (χ1) is 27.7. The van der Waals surface area contributed by atoms with Crippen molar-refractivity contribution in [1.82, 2.24) is 15.0 Å². The normalized spacial score (nSPS) is 11.9. The van der Waals surface area contributed by atoms with Crippen molar-refractivity contribution in [2.75, 3.05) is 0 Å². The molecule has 0 saturated heterocycles. The molecule has 5 heteroatoms. The molecule has 12 aromatic rings. The first-order valence-corrected chi connectivity index (χ1v) is 18.8. The number of aromatic nitrogens is 3. The Morgan fingerprint density at radius 2 is 0.857 bits per heavy atom. The van der Waals surface area contributed by atoms with E-state index in [4.69, 9.17) is 23.8 Å². The van der Waals surface area contributed by atoms with Crippen molar-refractivity contribution in [3.63, 3.8) is 0 Å². The molecular weight excluding hydrogens is 687 g/mol. The van der Waals surface area contributed by atoms with Crippen molar-refractivity contribution in [2.24, 2.45) is 0 Å². The fourth-order valence-electron chi connectivity index (χ4n) is 8.46. The number of hydrogen-bond acceptors (Lipinski definition) is 5. The Morgan fingerprint density at radius 1 is 0.304 bits per heavy atom. The highest BCUT2D eigenvalue weighted by molar-refractivity contribution is 6.18. The lowest BCUT2D eigenvalue weighted by atomic mass is 9.96. The Morgan fingerprint density at radius 3 is 1.70 bits per heavy atom. The lowest BCUT2D eigenvalue weighted by Gasteiger charge is -2.11. The summed E-state index contributed by atoms with van der Waals surface area (Å²) in [5.41, 5.74) is 8.15. The third-order valence-electron chi connectivity index (χ3n) is 11.1. The summed E-state index contributed by atoms with van der Waals surface area (Å²) in [5, 5.41) is 11.6. The summed E-state index contributed by atoms with van der Waals surface area (Å²) < 4.78 is 12.7. The average molecular weight is 716 g/mol. The number of nitrogens with zero attached hydrogens (tertiary/aromatic N) is 3. The maximum Gasteiger partial charge on any atom is 0.167 e. The van der Waals surface area contributed by atoms with Crippen molar-refractivity contribution < 1.29 is 8.83 Å². The van der Waals surface area contributed by atoms with Crippen LogP contribution in [0.4, 0.5) is 0 Å². The van der Waals surface area contributed by atoms with Gasteiger partial charge in [0.05, 0.1) is 5.56 Å². The number of furan rings is 2. The standard InChI is InChI=1S/C51H29N3O2/c1-2-10-35-30(9-1)23-27-39-36-26-25-34(29-33(36)24-28-38(35)39)50-52-49(53-51(54-50)43-15-7-14-41-40-11-3-5-16-44(40)56-48(41)43)32-21-19-31(20-22-32)37-13-8-18-46-47(37)42-12-4-6-17-45(42)55-46/h1-29H. The fourth-order valence-corrected chi connectivity index (χ4v) is 8.46. The van der Waals surface area contributed by atoms with E-state index >= 15 is 0 Å². The molecule has 12 rings (SSSR count). The molecule has 0 atom stereocenters. The zero-order valence-electron chi connectivity index (χ0n) is 29.9. The lowest BCUT2D eigenvalue weighted by molar-refractivity contribution is 0.669. The minimum Gasteiger partial charge on any atom is -0.456 e. The van der Waals surface area contributed by atoms with Crippen LogP contribution < -0.4 is 0 Å². The number of rotatable bonds is 4. The summed E-state index contributed by atoms with van der Waals surface area (Å²) >= 11 is 0. The highest BCUT2D eigenvalue weighted by Crippen LogP contribution is 2.39. The predicted molar refractivity (Wildman–Crippen MR) is 229 cm³/mol. The van der Waals surface area contributed by atoms with Gasteiger partial charge in [0.1, 0.15) is 22.3 Å². The first kappa shape index (κ1) is 30.8. The molecule has 3 heterocycles. The summed E-state index contributed by atoms with van der Waals surface area (Å²) in [5.74, 6) is 1.73. The second-order valence-electron chi connectivity index (χ2n) is 14.3. The molecule has 0 aliphatic heterocycles. The molecule has 3 aromatic heterocycles.